The molecule has 0 radical (unpaired) electrons. The summed E-state index contributed by atoms with van der Waals surface area (Å²) in [5.41, 5.74) is 5.94. The van der Waals surface area contributed by atoms with E-state index in [0.717, 1.165) is 13.0 Å². The summed E-state index contributed by atoms with van der Waals surface area (Å²) >= 11 is 0. The second-order valence-corrected chi connectivity index (χ2v) is 5.38. The minimum Gasteiger partial charge on any atom is -0.309 e. The van der Waals surface area contributed by atoms with Crippen LogP contribution in [0.4, 0.5) is 0 Å². The Labute approximate surface area is 115 Å². The molecule has 2 aromatic carbocycles. The molecule has 0 saturated heterocycles. The van der Waals surface area contributed by atoms with Gasteiger partial charge >= 0.3 is 0 Å². The summed E-state index contributed by atoms with van der Waals surface area (Å²) in [6.07, 6.45) is 3.46. The Morgan fingerprint density at radius 1 is 0.895 bits per heavy atom. The molecular weight excluding hydrogens is 230 g/mol. The maximum absolute atomic E-state index is 3.72. The largest absolute Gasteiger partial charge is 0.309 e. The van der Waals surface area contributed by atoms with Gasteiger partial charge in [-0.05, 0) is 41.5 Å². The molecule has 0 aliphatic heterocycles. The van der Waals surface area contributed by atoms with E-state index in [0.29, 0.717) is 6.04 Å². The average molecular weight is 251 g/mol. The summed E-state index contributed by atoms with van der Waals surface area (Å²) in [4.78, 5) is 0. The maximum atomic E-state index is 3.72. The van der Waals surface area contributed by atoms with E-state index in [9.17, 15) is 0 Å². The van der Waals surface area contributed by atoms with Gasteiger partial charge in [-0.25, -0.2) is 0 Å². The lowest BCUT2D eigenvalue weighted by Gasteiger charge is -2.14. The third-order valence-electron chi connectivity index (χ3n) is 4.13. The van der Waals surface area contributed by atoms with E-state index in [-0.39, 0.29) is 0 Å². The molecule has 0 bridgehead atoms. The second-order valence-electron chi connectivity index (χ2n) is 5.38. The zero-order valence-corrected chi connectivity index (χ0v) is 11.5. The molecule has 0 amide bonds. The van der Waals surface area contributed by atoms with Gasteiger partial charge in [-0.15, -0.1) is 0 Å². The zero-order chi connectivity index (χ0) is 13.1. The van der Waals surface area contributed by atoms with Gasteiger partial charge in [0.25, 0.3) is 0 Å². The molecule has 0 aromatic heterocycles. The van der Waals surface area contributed by atoms with Crippen LogP contribution in [0.2, 0.25) is 0 Å². The number of nitrogens with one attached hydrogen (secondary N) is 1. The van der Waals surface area contributed by atoms with Crippen molar-refractivity contribution in [2.45, 2.75) is 38.8 Å². The Bertz CT molecular complexity index is 534. The van der Waals surface area contributed by atoms with Crippen molar-refractivity contribution in [1.82, 2.24) is 5.32 Å². The number of benzene rings is 2. The fraction of sp³-hybridized carbons (Fsp3) is 0.333. The molecule has 1 N–H and O–H groups in total. The van der Waals surface area contributed by atoms with E-state index < -0.39 is 0 Å². The molecule has 0 saturated carbocycles. The predicted octanol–water partition coefficient (Wildman–Crippen LogP) is 3.51. The van der Waals surface area contributed by atoms with Gasteiger partial charge < -0.3 is 5.32 Å². The highest BCUT2D eigenvalue weighted by Crippen LogP contribution is 2.22. The van der Waals surface area contributed by atoms with Crippen molar-refractivity contribution in [2.24, 2.45) is 0 Å². The Morgan fingerprint density at radius 2 is 1.47 bits per heavy atom. The minimum absolute atomic E-state index is 0.599. The summed E-state index contributed by atoms with van der Waals surface area (Å²) in [6, 6.07) is 18.2. The van der Waals surface area contributed by atoms with Crippen molar-refractivity contribution in [2.75, 3.05) is 0 Å². The van der Waals surface area contributed by atoms with Crippen LogP contribution in [0, 0.1) is 0 Å². The first kappa shape index (κ1) is 12.4. The van der Waals surface area contributed by atoms with Crippen LogP contribution in [0.15, 0.2) is 48.5 Å². The molecule has 3 rings (SSSR count). The quantitative estimate of drug-likeness (QED) is 0.877. The van der Waals surface area contributed by atoms with Gasteiger partial charge in [-0.1, -0.05) is 55.5 Å². The summed E-state index contributed by atoms with van der Waals surface area (Å²) in [5, 5.41) is 3.72. The Morgan fingerprint density at radius 3 is 2.11 bits per heavy atom. The van der Waals surface area contributed by atoms with Crippen LogP contribution in [-0.4, -0.2) is 6.04 Å². The smallest absolute Gasteiger partial charge is 0.0211 e. The standard InChI is InChI=1S/C18H21N/c1-2-14-7-3-6-10-17(14)13-19-18-11-15-8-4-5-9-16(15)12-18/h3-10,18-19H,2,11-13H2,1H3. The second kappa shape index (κ2) is 5.58. The number of hydrogen-bond donors (Lipinski definition) is 1. The Hall–Kier alpha value is -1.60. The van der Waals surface area contributed by atoms with E-state index in [2.05, 4.69) is 60.8 Å². The summed E-state index contributed by atoms with van der Waals surface area (Å²) in [6.45, 7) is 3.22. The van der Waals surface area contributed by atoms with Gasteiger partial charge in [0.2, 0.25) is 0 Å². The van der Waals surface area contributed by atoms with Crippen molar-refractivity contribution in [1.29, 1.82) is 0 Å². The first-order valence-electron chi connectivity index (χ1n) is 7.23. The van der Waals surface area contributed by atoms with Crippen LogP contribution in [0.5, 0.6) is 0 Å². The van der Waals surface area contributed by atoms with Crippen molar-refractivity contribution in [3.05, 3.63) is 70.8 Å². The van der Waals surface area contributed by atoms with Crippen LogP contribution in [0.25, 0.3) is 0 Å². The van der Waals surface area contributed by atoms with Crippen LogP contribution in [0.1, 0.15) is 29.2 Å². The van der Waals surface area contributed by atoms with Gasteiger partial charge in [0.15, 0.2) is 0 Å². The highest BCUT2D eigenvalue weighted by Gasteiger charge is 2.20. The fourth-order valence-electron chi connectivity index (χ4n) is 3.03. The van der Waals surface area contributed by atoms with Crippen LogP contribution < -0.4 is 5.32 Å². The molecule has 0 atom stereocenters. The molecule has 98 valence electrons. The normalized spacial score (nSPS) is 14.6. The lowest BCUT2D eigenvalue weighted by molar-refractivity contribution is 0.531. The Balaban J connectivity index is 1.63. The number of hydrogen-bond acceptors (Lipinski definition) is 1. The topological polar surface area (TPSA) is 12.0 Å². The average Bonchev–Trinajstić information content (AvgIpc) is 2.88. The van der Waals surface area contributed by atoms with Crippen molar-refractivity contribution < 1.29 is 0 Å². The number of aryl methyl sites for hydroxylation is 1. The van der Waals surface area contributed by atoms with Gasteiger partial charge in [0.1, 0.15) is 0 Å². The van der Waals surface area contributed by atoms with Crippen LogP contribution in [0.3, 0.4) is 0 Å². The molecule has 2 aromatic rings. The molecule has 1 nitrogen and oxygen atoms in total. The third-order valence-corrected chi connectivity index (χ3v) is 4.13. The first-order valence-corrected chi connectivity index (χ1v) is 7.23. The molecule has 0 unspecified atom stereocenters. The zero-order valence-electron chi connectivity index (χ0n) is 11.5. The number of rotatable bonds is 4. The molecule has 1 aliphatic carbocycles. The van der Waals surface area contributed by atoms with Gasteiger partial charge in [-0.3, -0.25) is 0 Å². The van der Waals surface area contributed by atoms with E-state index in [4.69, 9.17) is 0 Å². The van der Waals surface area contributed by atoms with Crippen LogP contribution in [-0.2, 0) is 25.8 Å². The van der Waals surface area contributed by atoms with Gasteiger partial charge in [0, 0.05) is 12.6 Å². The summed E-state index contributed by atoms with van der Waals surface area (Å²) in [5.74, 6) is 0. The molecule has 0 fully saturated rings. The lowest BCUT2D eigenvalue weighted by atomic mass is 10.0. The predicted molar refractivity (Wildman–Crippen MR) is 80.3 cm³/mol. The summed E-state index contributed by atoms with van der Waals surface area (Å²) in [7, 11) is 0. The number of fused-ring (bicyclic) bond motifs is 1. The van der Waals surface area contributed by atoms with Gasteiger partial charge in [-0.2, -0.15) is 0 Å². The van der Waals surface area contributed by atoms with Crippen molar-refractivity contribution in [3.63, 3.8) is 0 Å². The van der Waals surface area contributed by atoms with E-state index in [1.807, 2.05) is 0 Å². The van der Waals surface area contributed by atoms with E-state index >= 15 is 0 Å². The lowest BCUT2D eigenvalue weighted by Crippen LogP contribution is -2.29. The summed E-state index contributed by atoms with van der Waals surface area (Å²) < 4.78 is 0. The molecule has 0 spiro atoms. The minimum atomic E-state index is 0.599. The van der Waals surface area contributed by atoms with E-state index in [1.165, 1.54) is 35.1 Å². The molecular formula is C18H21N. The first-order chi connectivity index (χ1) is 9.36. The fourth-order valence-corrected chi connectivity index (χ4v) is 3.03. The molecule has 1 aliphatic rings. The van der Waals surface area contributed by atoms with Crippen molar-refractivity contribution in [3.8, 4) is 0 Å². The third kappa shape index (κ3) is 2.71. The maximum Gasteiger partial charge on any atom is 0.0211 e. The SMILES string of the molecule is CCc1ccccc1CNC1Cc2ccccc2C1. The monoisotopic (exact) mass is 251 g/mol. The highest BCUT2D eigenvalue weighted by atomic mass is 14.9. The van der Waals surface area contributed by atoms with E-state index in [1.54, 1.807) is 0 Å². The van der Waals surface area contributed by atoms with Crippen molar-refractivity contribution >= 4 is 0 Å². The van der Waals surface area contributed by atoms with Gasteiger partial charge in [0.05, 0.1) is 0 Å². The molecule has 1 heteroatoms. The molecule has 0 heterocycles. The van der Waals surface area contributed by atoms with Crippen LogP contribution >= 0.6 is 0 Å². The molecule has 19 heavy (non-hydrogen) atoms. The Kier molecular flexibility index (Phi) is 3.65. The highest BCUT2D eigenvalue weighted by molar-refractivity contribution is 5.33.